The van der Waals surface area contributed by atoms with Gasteiger partial charge in [-0.1, -0.05) is 6.92 Å². The number of hydrogen-bond donors (Lipinski definition) is 1. The summed E-state index contributed by atoms with van der Waals surface area (Å²) in [5.41, 5.74) is 0.224. The van der Waals surface area contributed by atoms with E-state index in [0.29, 0.717) is 18.9 Å². The van der Waals surface area contributed by atoms with Gasteiger partial charge in [-0.25, -0.2) is 4.63 Å². The predicted octanol–water partition coefficient (Wildman–Crippen LogP) is 1.51. The third-order valence-corrected chi connectivity index (χ3v) is 2.52. The molecule has 19 heavy (non-hydrogen) atoms. The second kappa shape index (κ2) is 6.10. The van der Waals surface area contributed by atoms with Crippen LogP contribution in [0.2, 0.25) is 0 Å². The third-order valence-electron chi connectivity index (χ3n) is 2.52. The molecule has 1 heterocycles. The number of rotatable bonds is 7. The number of benzene rings is 1. The van der Waals surface area contributed by atoms with Crippen LogP contribution in [0.3, 0.4) is 0 Å². The van der Waals surface area contributed by atoms with E-state index in [2.05, 4.69) is 27.2 Å². The van der Waals surface area contributed by atoms with Crippen LogP contribution in [0.15, 0.2) is 16.8 Å². The summed E-state index contributed by atoms with van der Waals surface area (Å²) in [6.45, 7) is 4.14. The highest BCUT2D eigenvalue weighted by Gasteiger charge is 2.20. The molecule has 102 valence electrons. The summed E-state index contributed by atoms with van der Waals surface area (Å²) in [4.78, 5) is 10.3. The lowest BCUT2D eigenvalue weighted by molar-refractivity contribution is -0.383. The van der Waals surface area contributed by atoms with Gasteiger partial charge >= 0.3 is 5.69 Å². The van der Waals surface area contributed by atoms with Crippen LogP contribution in [0.5, 0.6) is 5.75 Å². The van der Waals surface area contributed by atoms with Crippen molar-refractivity contribution in [2.24, 2.45) is 0 Å². The van der Waals surface area contributed by atoms with Gasteiger partial charge in [-0.2, -0.15) is 0 Å². The van der Waals surface area contributed by atoms with E-state index in [4.69, 9.17) is 4.74 Å². The summed E-state index contributed by atoms with van der Waals surface area (Å²) in [6.07, 6.45) is 1.05. The van der Waals surface area contributed by atoms with Crippen molar-refractivity contribution in [3.63, 3.8) is 0 Å². The summed E-state index contributed by atoms with van der Waals surface area (Å²) in [7, 11) is 0. The number of nitrogens with zero attached hydrogens (tertiary/aromatic N) is 3. The second-order valence-corrected chi connectivity index (χ2v) is 3.90. The van der Waals surface area contributed by atoms with E-state index in [9.17, 15) is 10.1 Å². The molecule has 2 aromatic rings. The van der Waals surface area contributed by atoms with Gasteiger partial charge in [-0.15, -0.1) is 0 Å². The molecule has 0 atom stereocenters. The lowest BCUT2D eigenvalue weighted by atomic mass is 10.2. The molecule has 0 saturated carbocycles. The van der Waals surface area contributed by atoms with E-state index in [1.165, 1.54) is 12.1 Å². The van der Waals surface area contributed by atoms with Gasteiger partial charge in [-0.05, 0) is 29.3 Å². The zero-order valence-corrected chi connectivity index (χ0v) is 10.5. The molecule has 2 rings (SSSR count). The van der Waals surface area contributed by atoms with Crippen molar-refractivity contribution >= 4 is 16.7 Å². The van der Waals surface area contributed by atoms with Crippen molar-refractivity contribution in [1.29, 1.82) is 0 Å². The highest BCUT2D eigenvalue weighted by molar-refractivity contribution is 5.88. The third kappa shape index (κ3) is 2.97. The molecule has 0 aliphatic rings. The molecule has 0 aliphatic heterocycles. The van der Waals surface area contributed by atoms with E-state index in [1.54, 1.807) is 0 Å². The second-order valence-electron chi connectivity index (χ2n) is 3.90. The van der Waals surface area contributed by atoms with Crippen LogP contribution in [0.4, 0.5) is 5.69 Å². The van der Waals surface area contributed by atoms with Crippen molar-refractivity contribution in [2.75, 3.05) is 19.7 Å². The number of aromatic nitrogens is 2. The molecule has 0 radical (unpaired) electrons. The summed E-state index contributed by atoms with van der Waals surface area (Å²) in [6, 6.07) is 2.84. The summed E-state index contributed by atoms with van der Waals surface area (Å²) >= 11 is 0. The van der Waals surface area contributed by atoms with Gasteiger partial charge in [0.25, 0.3) is 0 Å². The van der Waals surface area contributed by atoms with Crippen molar-refractivity contribution < 1.29 is 14.3 Å². The monoisotopic (exact) mass is 266 g/mol. The molecule has 0 fully saturated rings. The predicted molar refractivity (Wildman–Crippen MR) is 67.1 cm³/mol. The van der Waals surface area contributed by atoms with Crippen LogP contribution in [-0.2, 0) is 0 Å². The molecule has 0 aliphatic carbocycles. The fraction of sp³-hybridized carbons (Fsp3) is 0.455. The average Bonchev–Trinajstić information content (AvgIpc) is 2.87. The van der Waals surface area contributed by atoms with Crippen LogP contribution in [0.25, 0.3) is 11.0 Å². The smallest absolute Gasteiger partial charge is 0.301 e. The normalized spacial score (nSPS) is 10.8. The SMILES string of the molecule is CCCNCCOc1ccc([N+](=O)[O-])c2nonc12. The first-order valence-electron chi connectivity index (χ1n) is 5.97. The van der Waals surface area contributed by atoms with Gasteiger partial charge in [0.05, 0.1) is 4.92 Å². The van der Waals surface area contributed by atoms with Crippen LogP contribution in [0, 0.1) is 10.1 Å². The highest BCUT2D eigenvalue weighted by atomic mass is 16.6. The zero-order chi connectivity index (χ0) is 13.7. The Morgan fingerprint density at radius 3 is 2.89 bits per heavy atom. The van der Waals surface area contributed by atoms with E-state index in [0.717, 1.165) is 13.0 Å². The maximum atomic E-state index is 10.8. The van der Waals surface area contributed by atoms with E-state index in [-0.39, 0.29) is 16.7 Å². The summed E-state index contributed by atoms with van der Waals surface area (Å²) in [5, 5.41) is 21.2. The summed E-state index contributed by atoms with van der Waals surface area (Å²) < 4.78 is 10.1. The maximum Gasteiger partial charge on any atom is 0.301 e. The molecule has 1 aromatic carbocycles. The Kier molecular flexibility index (Phi) is 4.24. The van der Waals surface area contributed by atoms with Crippen LogP contribution in [-0.4, -0.2) is 34.9 Å². The minimum absolute atomic E-state index is 0.101. The number of nitro benzene ring substituents is 1. The standard InChI is InChI=1S/C11H14N4O4/c1-2-5-12-6-7-18-9-4-3-8(15(16)17)10-11(9)14-19-13-10/h3-4,12H,2,5-7H2,1H3. The fourth-order valence-electron chi connectivity index (χ4n) is 1.63. The molecular formula is C11H14N4O4. The topological polar surface area (TPSA) is 103 Å². The largest absolute Gasteiger partial charge is 0.490 e. The molecule has 8 nitrogen and oxygen atoms in total. The van der Waals surface area contributed by atoms with Gasteiger partial charge < -0.3 is 10.1 Å². The lowest BCUT2D eigenvalue weighted by Crippen LogP contribution is -2.21. The maximum absolute atomic E-state index is 10.8. The molecular weight excluding hydrogens is 252 g/mol. The van der Waals surface area contributed by atoms with Crippen molar-refractivity contribution in [3.05, 3.63) is 22.2 Å². The molecule has 0 amide bonds. The van der Waals surface area contributed by atoms with Crippen LogP contribution < -0.4 is 10.1 Å². The van der Waals surface area contributed by atoms with Crippen molar-refractivity contribution in [1.82, 2.24) is 15.6 Å². The first-order valence-corrected chi connectivity index (χ1v) is 5.97. The number of fused-ring (bicyclic) bond motifs is 1. The number of nitro groups is 1. The zero-order valence-electron chi connectivity index (χ0n) is 10.5. The van der Waals surface area contributed by atoms with Gasteiger partial charge in [0.2, 0.25) is 5.52 Å². The number of non-ortho nitro benzene ring substituents is 1. The van der Waals surface area contributed by atoms with E-state index < -0.39 is 4.92 Å². The van der Waals surface area contributed by atoms with E-state index in [1.807, 2.05) is 0 Å². The van der Waals surface area contributed by atoms with Crippen LogP contribution >= 0.6 is 0 Å². The Balaban J connectivity index is 2.10. The van der Waals surface area contributed by atoms with Crippen LogP contribution in [0.1, 0.15) is 13.3 Å². The van der Waals surface area contributed by atoms with Gasteiger partial charge in [0.1, 0.15) is 6.61 Å². The highest BCUT2D eigenvalue weighted by Crippen LogP contribution is 2.30. The first-order chi connectivity index (χ1) is 9.24. The van der Waals surface area contributed by atoms with Crippen molar-refractivity contribution in [3.8, 4) is 5.75 Å². The quantitative estimate of drug-likeness (QED) is 0.460. The minimum atomic E-state index is -0.529. The number of nitrogens with one attached hydrogen (secondary N) is 1. The Labute approximate surface area is 108 Å². The lowest BCUT2D eigenvalue weighted by Gasteiger charge is -2.06. The average molecular weight is 266 g/mol. The fourth-order valence-corrected chi connectivity index (χ4v) is 1.63. The number of hydrogen-bond acceptors (Lipinski definition) is 7. The van der Waals surface area contributed by atoms with Crippen molar-refractivity contribution in [2.45, 2.75) is 13.3 Å². The Morgan fingerprint density at radius 2 is 2.16 bits per heavy atom. The molecule has 0 spiro atoms. The molecule has 0 saturated heterocycles. The molecule has 1 aromatic heterocycles. The minimum Gasteiger partial charge on any atom is -0.490 e. The Bertz CT molecular complexity index is 569. The summed E-state index contributed by atoms with van der Waals surface area (Å²) in [5.74, 6) is 0.431. The molecule has 0 bridgehead atoms. The number of ether oxygens (including phenoxy) is 1. The van der Waals surface area contributed by atoms with Gasteiger partial charge in [0.15, 0.2) is 11.3 Å². The first kappa shape index (κ1) is 13.2. The Morgan fingerprint density at radius 1 is 1.37 bits per heavy atom. The molecule has 8 heteroatoms. The van der Waals surface area contributed by atoms with E-state index >= 15 is 0 Å². The van der Waals surface area contributed by atoms with Gasteiger partial charge in [0, 0.05) is 12.6 Å². The molecule has 1 N–H and O–H groups in total. The van der Waals surface area contributed by atoms with Gasteiger partial charge in [-0.3, -0.25) is 10.1 Å². The Hall–Kier alpha value is -2.22. The molecule has 0 unspecified atom stereocenters.